The number of aromatic carboxylic acids is 1. The Morgan fingerprint density at radius 1 is 1.12 bits per heavy atom. The lowest BCUT2D eigenvalue weighted by atomic mass is 10.1. The molecule has 0 aliphatic heterocycles. The van der Waals surface area contributed by atoms with Gasteiger partial charge in [0.05, 0.1) is 10.0 Å². The van der Waals surface area contributed by atoms with E-state index in [1.165, 1.54) is 36.4 Å². The van der Waals surface area contributed by atoms with E-state index in [-0.39, 0.29) is 29.2 Å². The molecule has 160 valence electrons. The number of nitrogens with zero attached hydrogens (tertiary/aromatic N) is 1. The van der Waals surface area contributed by atoms with Crippen LogP contribution in [-0.2, 0) is 11.4 Å². The number of halogens is 2. The molecule has 0 fully saturated rings. The Hall–Kier alpha value is -3.96. The van der Waals surface area contributed by atoms with Gasteiger partial charge in [0.2, 0.25) is 0 Å². The molecule has 0 saturated carbocycles. The van der Waals surface area contributed by atoms with Crippen LogP contribution < -0.4 is 10.1 Å². The molecule has 0 heterocycles. The van der Waals surface area contributed by atoms with Crippen molar-refractivity contribution in [3.63, 3.8) is 0 Å². The van der Waals surface area contributed by atoms with Gasteiger partial charge in [-0.3, -0.25) is 4.79 Å². The number of anilines is 1. The Balaban J connectivity index is 1.73. The number of hydrogen-bond acceptors (Lipinski definition) is 4. The molecule has 3 rings (SSSR count). The van der Waals surface area contributed by atoms with Crippen LogP contribution >= 0.6 is 15.9 Å². The topological polar surface area (TPSA) is 99.4 Å². The van der Waals surface area contributed by atoms with Crippen molar-refractivity contribution < 1.29 is 23.8 Å². The van der Waals surface area contributed by atoms with Gasteiger partial charge in [0.1, 0.15) is 29.8 Å². The van der Waals surface area contributed by atoms with E-state index in [4.69, 9.17) is 9.84 Å². The summed E-state index contributed by atoms with van der Waals surface area (Å²) in [6.45, 7) is 0.0434. The van der Waals surface area contributed by atoms with Gasteiger partial charge < -0.3 is 15.2 Å². The van der Waals surface area contributed by atoms with E-state index >= 15 is 0 Å². The van der Waals surface area contributed by atoms with Gasteiger partial charge in [-0.05, 0) is 64.0 Å². The number of carboxylic acid groups (broad SMARTS) is 1. The summed E-state index contributed by atoms with van der Waals surface area (Å²) in [6, 6.07) is 18.8. The molecule has 0 bridgehead atoms. The smallest absolute Gasteiger partial charge is 0.335 e. The molecule has 3 aromatic carbocycles. The maximum Gasteiger partial charge on any atom is 0.335 e. The fourth-order valence-corrected chi connectivity index (χ4v) is 3.25. The average Bonchev–Trinajstić information content (AvgIpc) is 2.78. The zero-order valence-corrected chi connectivity index (χ0v) is 18.1. The van der Waals surface area contributed by atoms with Crippen LogP contribution in [0.4, 0.5) is 10.1 Å². The molecule has 6 nitrogen and oxygen atoms in total. The van der Waals surface area contributed by atoms with Crippen LogP contribution in [0, 0.1) is 17.1 Å². The molecule has 1 amide bonds. The van der Waals surface area contributed by atoms with Crippen LogP contribution in [0.5, 0.6) is 5.75 Å². The molecule has 0 saturated heterocycles. The molecule has 8 heteroatoms. The van der Waals surface area contributed by atoms with E-state index in [9.17, 15) is 19.2 Å². The molecule has 0 spiro atoms. The third kappa shape index (κ3) is 5.80. The Labute approximate surface area is 191 Å². The highest BCUT2D eigenvalue weighted by atomic mass is 79.9. The summed E-state index contributed by atoms with van der Waals surface area (Å²) in [7, 11) is 0. The minimum atomic E-state index is -1.13. The zero-order valence-electron chi connectivity index (χ0n) is 16.5. The number of amides is 1. The van der Waals surface area contributed by atoms with Crippen LogP contribution in [0.2, 0.25) is 0 Å². The third-order valence-corrected chi connectivity index (χ3v) is 4.96. The van der Waals surface area contributed by atoms with Crippen LogP contribution in [0.15, 0.2) is 76.8 Å². The lowest BCUT2D eigenvalue weighted by molar-refractivity contribution is -0.112. The average molecular weight is 495 g/mol. The molecule has 0 aliphatic rings. The van der Waals surface area contributed by atoms with Gasteiger partial charge in [0.25, 0.3) is 5.91 Å². The summed E-state index contributed by atoms with van der Waals surface area (Å²) in [5.74, 6) is -1.69. The van der Waals surface area contributed by atoms with Crippen LogP contribution in [0.25, 0.3) is 6.08 Å². The molecule has 0 aliphatic carbocycles. The number of benzene rings is 3. The summed E-state index contributed by atoms with van der Waals surface area (Å²) in [5.41, 5.74) is 1.08. The lowest BCUT2D eigenvalue weighted by Crippen LogP contribution is -2.13. The van der Waals surface area contributed by atoms with Crippen molar-refractivity contribution in [2.45, 2.75) is 6.61 Å². The van der Waals surface area contributed by atoms with Gasteiger partial charge in [-0.1, -0.05) is 30.3 Å². The fraction of sp³-hybridized carbons (Fsp3) is 0.0417. The molecule has 0 unspecified atom stereocenters. The third-order valence-electron chi connectivity index (χ3n) is 4.34. The van der Waals surface area contributed by atoms with Crippen molar-refractivity contribution in [1.82, 2.24) is 0 Å². The number of nitrogens with one attached hydrogen (secondary N) is 1. The van der Waals surface area contributed by atoms with Crippen LogP contribution in [-0.4, -0.2) is 17.0 Å². The summed E-state index contributed by atoms with van der Waals surface area (Å²) >= 11 is 3.38. The molecule has 0 radical (unpaired) electrons. The van der Waals surface area contributed by atoms with Crippen molar-refractivity contribution in [2.75, 3.05) is 5.32 Å². The van der Waals surface area contributed by atoms with E-state index < -0.39 is 11.9 Å². The Kier molecular flexibility index (Phi) is 7.37. The highest BCUT2D eigenvalue weighted by Gasteiger charge is 2.12. The molecule has 2 N–H and O–H groups in total. The predicted octanol–water partition coefficient (Wildman–Crippen LogP) is 5.41. The number of nitriles is 1. The van der Waals surface area contributed by atoms with Crippen LogP contribution in [0.3, 0.4) is 0 Å². The first kappa shape index (κ1) is 22.7. The van der Waals surface area contributed by atoms with E-state index in [0.717, 1.165) is 0 Å². The monoisotopic (exact) mass is 494 g/mol. The first-order valence-corrected chi connectivity index (χ1v) is 10.1. The lowest BCUT2D eigenvalue weighted by Gasteiger charge is -2.10. The molecule has 0 atom stereocenters. The number of rotatable bonds is 7. The second-order valence-electron chi connectivity index (χ2n) is 6.58. The maximum absolute atomic E-state index is 13.7. The molecular formula is C24H16BrFN2O4. The van der Waals surface area contributed by atoms with Gasteiger partial charge >= 0.3 is 5.97 Å². The summed E-state index contributed by atoms with van der Waals surface area (Å²) in [5, 5.41) is 21.0. The minimum absolute atomic E-state index is 0.0141. The zero-order chi connectivity index (χ0) is 23.1. The summed E-state index contributed by atoms with van der Waals surface area (Å²) in [6.07, 6.45) is 1.39. The number of carbonyl (C=O) groups is 2. The van der Waals surface area contributed by atoms with Gasteiger partial charge in [0, 0.05) is 11.3 Å². The number of carboxylic acids is 1. The quantitative estimate of drug-likeness (QED) is 0.337. The van der Waals surface area contributed by atoms with E-state index in [0.29, 0.717) is 21.3 Å². The van der Waals surface area contributed by atoms with Crippen molar-refractivity contribution >= 4 is 39.6 Å². The van der Waals surface area contributed by atoms with Gasteiger partial charge in [-0.2, -0.15) is 5.26 Å². The Morgan fingerprint density at radius 3 is 2.59 bits per heavy atom. The second kappa shape index (κ2) is 10.4. The first-order chi connectivity index (χ1) is 15.4. The predicted molar refractivity (Wildman–Crippen MR) is 120 cm³/mol. The molecule has 32 heavy (non-hydrogen) atoms. The molecule has 3 aromatic rings. The number of ether oxygens (including phenoxy) is 1. The van der Waals surface area contributed by atoms with Crippen molar-refractivity contribution in [3.8, 4) is 11.8 Å². The van der Waals surface area contributed by atoms with Crippen LogP contribution in [0.1, 0.15) is 21.5 Å². The fourth-order valence-electron chi connectivity index (χ4n) is 2.74. The van der Waals surface area contributed by atoms with Gasteiger partial charge in [-0.25, -0.2) is 9.18 Å². The SMILES string of the molecule is N#CC(=Cc1ccc(OCc2ccccc2F)c(Br)c1)C(=O)Nc1cccc(C(=O)O)c1. The van der Waals surface area contributed by atoms with Crippen molar-refractivity contribution in [1.29, 1.82) is 5.26 Å². The van der Waals surface area contributed by atoms with Crippen molar-refractivity contribution in [2.24, 2.45) is 0 Å². The Bertz CT molecular complexity index is 1250. The number of carbonyl (C=O) groups excluding carboxylic acids is 1. The first-order valence-electron chi connectivity index (χ1n) is 9.29. The van der Waals surface area contributed by atoms with E-state index in [2.05, 4.69) is 21.2 Å². The summed E-state index contributed by atoms with van der Waals surface area (Å²) in [4.78, 5) is 23.5. The second-order valence-corrected chi connectivity index (χ2v) is 7.43. The Morgan fingerprint density at radius 2 is 1.91 bits per heavy atom. The molecule has 0 aromatic heterocycles. The maximum atomic E-state index is 13.7. The van der Waals surface area contributed by atoms with Gasteiger partial charge in [0.15, 0.2) is 0 Å². The van der Waals surface area contributed by atoms with Crippen molar-refractivity contribution in [3.05, 3.63) is 99.3 Å². The van der Waals surface area contributed by atoms with E-state index in [1.54, 1.807) is 36.4 Å². The highest BCUT2D eigenvalue weighted by Crippen LogP contribution is 2.28. The van der Waals surface area contributed by atoms with Gasteiger partial charge in [-0.15, -0.1) is 0 Å². The van der Waals surface area contributed by atoms with E-state index in [1.807, 2.05) is 6.07 Å². The number of hydrogen-bond donors (Lipinski definition) is 2. The molecular weight excluding hydrogens is 479 g/mol. The minimum Gasteiger partial charge on any atom is -0.488 e. The standard InChI is InChI=1S/C24H16BrFN2O4/c25-20-11-15(8-9-22(20)32-14-17-4-1-2-7-21(17)26)10-18(13-27)23(29)28-19-6-3-5-16(12-19)24(30)31/h1-12H,14H2,(H,28,29)(H,30,31). The normalized spacial score (nSPS) is 10.8. The summed E-state index contributed by atoms with van der Waals surface area (Å²) < 4.78 is 19.9. The largest absolute Gasteiger partial charge is 0.488 e. The highest BCUT2D eigenvalue weighted by molar-refractivity contribution is 9.10.